The lowest BCUT2D eigenvalue weighted by molar-refractivity contribution is -0.144. The maximum absolute atomic E-state index is 13.5. The number of rotatable bonds is 4. The molecule has 1 heterocycles. The van der Waals surface area contributed by atoms with Crippen LogP contribution in [0.2, 0.25) is 0 Å². The standard InChI is InChI=1S/C11H11F2NO5S/c12-7-1-2-8(13)9(5-7)20(17,18)14-11(10(15)16)3-4-19-6-11/h1-2,5,14H,3-4,6H2,(H,15,16). The van der Waals surface area contributed by atoms with Crippen LogP contribution in [0.5, 0.6) is 0 Å². The minimum Gasteiger partial charge on any atom is -0.480 e. The molecule has 0 bridgehead atoms. The second-order valence-corrected chi connectivity index (χ2v) is 6.02. The quantitative estimate of drug-likeness (QED) is 0.844. The van der Waals surface area contributed by atoms with Gasteiger partial charge < -0.3 is 9.84 Å². The number of benzene rings is 1. The van der Waals surface area contributed by atoms with Gasteiger partial charge in [0, 0.05) is 13.0 Å². The van der Waals surface area contributed by atoms with Crippen molar-refractivity contribution < 1.29 is 31.8 Å². The number of carboxylic acids is 1. The van der Waals surface area contributed by atoms with E-state index in [1.165, 1.54) is 0 Å². The number of hydrogen-bond acceptors (Lipinski definition) is 4. The Balaban J connectivity index is 2.40. The summed E-state index contributed by atoms with van der Waals surface area (Å²) in [6.45, 7) is -0.320. The van der Waals surface area contributed by atoms with E-state index in [1.54, 1.807) is 0 Å². The highest BCUT2D eigenvalue weighted by Gasteiger charge is 2.46. The molecule has 0 spiro atoms. The zero-order valence-electron chi connectivity index (χ0n) is 10.1. The van der Waals surface area contributed by atoms with Crippen molar-refractivity contribution in [3.05, 3.63) is 29.8 Å². The molecule has 1 aromatic carbocycles. The molecule has 20 heavy (non-hydrogen) atoms. The van der Waals surface area contributed by atoms with E-state index in [0.717, 1.165) is 6.07 Å². The molecule has 1 aliphatic heterocycles. The Hall–Kier alpha value is -1.58. The monoisotopic (exact) mass is 307 g/mol. The molecular formula is C11H11F2NO5S. The van der Waals surface area contributed by atoms with Crippen LogP contribution in [0.15, 0.2) is 23.1 Å². The molecule has 1 unspecified atom stereocenters. The molecule has 1 atom stereocenters. The Morgan fingerprint density at radius 2 is 2.10 bits per heavy atom. The average Bonchev–Trinajstić information content (AvgIpc) is 2.81. The van der Waals surface area contributed by atoms with E-state index in [4.69, 9.17) is 9.84 Å². The molecule has 2 N–H and O–H groups in total. The lowest BCUT2D eigenvalue weighted by atomic mass is 10.0. The molecule has 1 saturated heterocycles. The van der Waals surface area contributed by atoms with Crippen LogP contribution in [0.3, 0.4) is 0 Å². The highest BCUT2D eigenvalue weighted by Crippen LogP contribution is 2.24. The highest BCUT2D eigenvalue weighted by atomic mass is 32.2. The smallest absolute Gasteiger partial charge is 0.327 e. The van der Waals surface area contributed by atoms with Crippen LogP contribution in [-0.2, 0) is 19.6 Å². The summed E-state index contributed by atoms with van der Waals surface area (Å²) >= 11 is 0. The van der Waals surface area contributed by atoms with Gasteiger partial charge in [0.1, 0.15) is 16.5 Å². The van der Waals surface area contributed by atoms with E-state index in [0.29, 0.717) is 12.1 Å². The summed E-state index contributed by atoms with van der Waals surface area (Å²) in [5.74, 6) is -3.55. The molecule has 0 aromatic heterocycles. The molecule has 9 heteroatoms. The van der Waals surface area contributed by atoms with Crippen LogP contribution in [0.4, 0.5) is 8.78 Å². The molecule has 6 nitrogen and oxygen atoms in total. The van der Waals surface area contributed by atoms with E-state index in [2.05, 4.69) is 0 Å². The van der Waals surface area contributed by atoms with Crippen LogP contribution in [-0.4, -0.2) is 38.2 Å². The first kappa shape index (κ1) is 14.8. The highest BCUT2D eigenvalue weighted by molar-refractivity contribution is 7.89. The second kappa shape index (κ2) is 5.08. The van der Waals surface area contributed by atoms with Gasteiger partial charge in [-0.2, -0.15) is 4.72 Å². The van der Waals surface area contributed by atoms with Crippen molar-refractivity contribution in [1.82, 2.24) is 4.72 Å². The van der Waals surface area contributed by atoms with Crippen molar-refractivity contribution in [3.63, 3.8) is 0 Å². The van der Waals surface area contributed by atoms with Crippen LogP contribution in [0.1, 0.15) is 6.42 Å². The molecule has 1 aromatic rings. The summed E-state index contributed by atoms with van der Waals surface area (Å²) in [5, 5.41) is 9.12. The van der Waals surface area contributed by atoms with Gasteiger partial charge in [-0.25, -0.2) is 17.2 Å². The molecule has 1 fully saturated rings. The Morgan fingerprint density at radius 1 is 1.40 bits per heavy atom. The summed E-state index contributed by atoms with van der Waals surface area (Å²) in [6, 6.07) is 1.91. The van der Waals surface area contributed by atoms with Crippen molar-refractivity contribution in [3.8, 4) is 0 Å². The molecule has 0 radical (unpaired) electrons. The van der Waals surface area contributed by atoms with Gasteiger partial charge in [-0.05, 0) is 18.2 Å². The van der Waals surface area contributed by atoms with Crippen molar-refractivity contribution >= 4 is 16.0 Å². The van der Waals surface area contributed by atoms with Gasteiger partial charge in [-0.15, -0.1) is 0 Å². The number of halogens is 2. The van der Waals surface area contributed by atoms with Gasteiger partial charge in [0.05, 0.1) is 6.61 Å². The zero-order chi connectivity index (χ0) is 15.0. The summed E-state index contributed by atoms with van der Waals surface area (Å²) in [7, 11) is -4.53. The lowest BCUT2D eigenvalue weighted by Crippen LogP contribution is -2.55. The molecule has 2 rings (SSSR count). The van der Waals surface area contributed by atoms with E-state index in [1.807, 2.05) is 4.72 Å². The Labute approximate surface area is 113 Å². The molecule has 0 aliphatic carbocycles. The van der Waals surface area contributed by atoms with Gasteiger partial charge in [-0.3, -0.25) is 4.79 Å². The maximum atomic E-state index is 13.5. The summed E-state index contributed by atoms with van der Waals surface area (Å²) in [4.78, 5) is 10.3. The van der Waals surface area contributed by atoms with Crippen molar-refractivity contribution in [2.45, 2.75) is 16.9 Å². The summed E-state index contributed by atoms with van der Waals surface area (Å²) in [5.41, 5.74) is -1.86. The minimum absolute atomic E-state index is 0.0560. The summed E-state index contributed by atoms with van der Waals surface area (Å²) < 4.78 is 57.4. The maximum Gasteiger partial charge on any atom is 0.327 e. The third-order valence-corrected chi connectivity index (χ3v) is 4.49. The molecule has 0 amide bonds. The first-order chi connectivity index (χ1) is 9.27. The van der Waals surface area contributed by atoms with Crippen molar-refractivity contribution in [2.75, 3.05) is 13.2 Å². The fourth-order valence-corrected chi connectivity index (χ4v) is 3.32. The average molecular weight is 307 g/mol. The van der Waals surface area contributed by atoms with Crippen LogP contribution in [0, 0.1) is 11.6 Å². The third-order valence-electron chi connectivity index (χ3n) is 2.94. The topological polar surface area (TPSA) is 92.7 Å². The normalized spacial score (nSPS) is 22.9. The van der Waals surface area contributed by atoms with Crippen LogP contribution >= 0.6 is 0 Å². The largest absolute Gasteiger partial charge is 0.480 e. The Bertz CT molecular complexity index is 640. The van der Waals surface area contributed by atoms with Crippen molar-refractivity contribution in [2.24, 2.45) is 0 Å². The minimum atomic E-state index is -4.53. The van der Waals surface area contributed by atoms with Gasteiger partial charge in [0.15, 0.2) is 5.54 Å². The van der Waals surface area contributed by atoms with Crippen LogP contribution < -0.4 is 4.72 Å². The number of carbonyl (C=O) groups is 1. The number of nitrogens with one attached hydrogen (secondary N) is 1. The van der Waals surface area contributed by atoms with E-state index >= 15 is 0 Å². The lowest BCUT2D eigenvalue weighted by Gasteiger charge is -2.23. The fourth-order valence-electron chi connectivity index (χ4n) is 1.85. The number of ether oxygens (including phenoxy) is 1. The number of hydrogen-bond donors (Lipinski definition) is 2. The van der Waals surface area contributed by atoms with E-state index < -0.39 is 38.1 Å². The number of carboxylic acid groups (broad SMARTS) is 1. The Morgan fingerprint density at radius 3 is 2.65 bits per heavy atom. The van der Waals surface area contributed by atoms with Crippen LogP contribution in [0.25, 0.3) is 0 Å². The second-order valence-electron chi connectivity index (χ2n) is 4.37. The molecular weight excluding hydrogens is 296 g/mol. The fraction of sp³-hybridized carbons (Fsp3) is 0.364. The van der Waals surface area contributed by atoms with Crippen molar-refractivity contribution in [1.29, 1.82) is 0 Å². The molecule has 1 aliphatic rings. The van der Waals surface area contributed by atoms with E-state index in [-0.39, 0.29) is 19.6 Å². The Kier molecular flexibility index (Phi) is 3.76. The third kappa shape index (κ3) is 2.65. The van der Waals surface area contributed by atoms with Gasteiger partial charge in [0.25, 0.3) is 0 Å². The number of sulfonamides is 1. The predicted octanol–water partition coefficient (Wildman–Crippen LogP) is 0.487. The first-order valence-electron chi connectivity index (χ1n) is 5.57. The number of aliphatic carboxylic acids is 1. The van der Waals surface area contributed by atoms with E-state index in [9.17, 15) is 22.0 Å². The molecule has 110 valence electrons. The van der Waals surface area contributed by atoms with Gasteiger partial charge in [-0.1, -0.05) is 0 Å². The van der Waals surface area contributed by atoms with Gasteiger partial charge in [0.2, 0.25) is 10.0 Å². The first-order valence-corrected chi connectivity index (χ1v) is 7.05. The zero-order valence-corrected chi connectivity index (χ0v) is 10.9. The predicted molar refractivity (Wildman–Crippen MR) is 62.5 cm³/mol. The SMILES string of the molecule is O=C(O)C1(NS(=O)(=O)c2cc(F)ccc2F)CCOC1. The summed E-state index contributed by atoms with van der Waals surface area (Å²) in [6.07, 6.45) is -0.0987. The van der Waals surface area contributed by atoms with Gasteiger partial charge >= 0.3 is 5.97 Å². The molecule has 0 saturated carbocycles.